The quantitative estimate of drug-likeness (QED) is 0.365. The van der Waals surface area contributed by atoms with Gasteiger partial charge >= 0.3 is 0 Å². The molecule has 0 radical (unpaired) electrons. The molecule has 1 saturated heterocycles. The van der Waals surface area contributed by atoms with Crippen LogP contribution in [-0.4, -0.2) is 50.1 Å². The molecular formula is C15H18Br4O4. The van der Waals surface area contributed by atoms with Crippen LogP contribution in [0.5, 0.6) is 0 Å². The smallest absolute Gasteiger partial charge is 0.200 e. The van der Waals surface area contributed by atoms with E-state index in [-0.39, 0.29) is 23.1 Å². The molecule has 0 aliphatic carbocycles. The average molecular weight is 582 g/mol. The molecule has 0 spiro atoms. The molecule has 2 rings (SSSR count). The van der Waals surface area contributed by atoms with Crippen molar-refractivity contribution >= 4 is 63.7 Å². The van der Waals surface area contributed by atoms with Crippen LogP contribution in [-0.2, 0) is 9.47 Å². The van der Waals surface area contributed by atoms with Crippen molar-refractivity contribution in [2.45, 2.75) is 59.6 Å². The van der Waals surface area contributed by atoms with Crippen molar-refractivity contribution in [3.05, 3.63) is 27.4 Å². The van der Waals surface area contributed by atoms with Crippen LogP contribution >= 0.6 is 63.7 Å². The maximum absolute atomic E-state index is 10.7. The van der Waals surface area contributed by atoms with Gasteiger partial charge < -0.3 is 19.7 Å². The van der Waals surface area contributed by atoms with Crippen molar-refractivity contribution in [3.63, 3.8) is 0 Å². The summed E-state index contributed by atoms with van der Waals surface area (Å²) >= 11 is 13.6. The zero-order chi connectivity index (χ0) is 17.2. The third-order valence-electron chi connectivity index (χ3n) is 3.88. The molecule has 2 N–H and O–H groups in total. The molecule has 0 aromatic carbocycles. The van der Waals surface area contributed by atoms with Gasteiger partial charge in [0.15, 0.2) is 5.79 Å². The Morgan fingerprint density at radius 1 is 1.39 bits per heavy atom. The van der Waals surface area contributed by atoms with E-state index in [2.05, 4.69) is 69.5 Å². The number of hydrogen-bond acceptors (Lipinski definition) is 4. The first kappa shape index (κ1) is 20.3. The van der Waals surface area contributed by atoms with Crippen molar-refractivity contribution in [2.24, 2.45) is 0 Å². The van der Waals surface area contributed by atoms with Gasteiger partial charge in [0.1, 0.15) is 0 Å². The van der Waals surface area contributed by atoms with Crippen LogP contribution < -0.4 is 0 Å². The van der Waals surface area contributed by atoms with E-state index in [1.807, 2.05) is 6.92 Å². The first-order valence-corrected chi connectivity index (χ1v) is 10.7. The zero-order valence-electron chi connectivity index (χ0n) is 12.3. The maximum Gasteiger partial charge on any atom is 0.200 e. The average Bonchev–Trinajstić information content (AvgIpc) is 2.78. The summed E-state index contributed by atoms with van der Waals surface area (Å²) in [5, 5.41) is 21.1. The fraction of sp³-hybridized carbons (Fsp3) is 0.667. The van der Waals surface area contributed by atoms with Gasteiger partial charge in [0.25, 0.3) is 0 Å². The Labute approximate surface area is 169 Å². The van der Waals surface area contributed by atoms with Gasteiger partial charge in [-0.3, -0.25) is 0 Å². The molecule has 0 unspecified atom stereocenters. The molecular weight excluding hydrogens is 564 g/mol. The molecule has 23 heavy (non-hydrogen) atoms. The molecule has 2 bridgehead atoms. The summed E-state index contributed by atoms with van der Waals surface area (Å²) < 4.78 is 12.6. The molecule has 2 heterocycles. The lowest BCUT2D eigenvalue weighted by molar-refractivity contribution is -0.176. The zero-order valence-corrected chi connectivity index (χ0v) is 18.7. The molecule has 7 atom stereocenters. The molecule has 1 fully saturated rings. The fourth-order valence-electron chi connectivity index (χ4n) is 2.63. The molecule has 0 saturated carbocycles. The van der Waals surface area contributed by atoms with Crippen molar-refractivity contribution in [2.75, 3.05) is 0 Å². The number of hydrogen-bond donors (Lipinski definition) is 2. The second-order valence-electron chi connectivity index (χ2n) is 5.66. The molecule has 2 aliphatic rings. The van der Waals surface area contributed by atoms with E-state index in [0.717, 1.165) is 4.48 Å². The highest BCUT2D eigenvalue weighted by atomic mass is 79.9. The van der Waals surface area contributed by atoms with Crippen molar-refractivity contribution in [1.82, 2.24) is 0 Å². The van der Waals surface area contributed by atoms with E-state index >= 15 is 0 Å². The molecule has 0 aromatic heterocycles. The Morgan fingerprint density at radius 2 is 2.09 bits per heavy atom. The summed E-state index contributed by atoms with van der Waals surface area (Å²) in [6, 6.07) is 0. The summed E-state index contributed by atoms with van der Waals surface area (Å²) in [6.07, 6.45) is 2.74. The van der Waals surface area contributed by atoms with Gasteiger partial charge in [0.2, 0.25) is 0 Å². The third kappa shape index (κ3) is 5.02. The fourth-order valence-corrected chi connectivity index (χ4v) is 4.35. The summed E-state index contributed by atoms with van der Waals surface area (Å²) in [5.74, 6) is -1.47. The van der Waals surface area contributed by atoms with Crippen LogP contribution in [0, 0.1) is 0 Å². The highest BCUT2D eigenvalue weighted by Crippen LogP contribution is 2.40. The minimum absolute atomic E-state index is 0.225. The molecule has 0 aromatic rings. The minimum Gasteiger partial charge on any atom is -0.392 e. The van der Waals surface area contributed by atoms with Gasteiger partial charge in [0, 0.05) is 15.9 Å². The normalized spacial score (nSPS) is 44.7. The SMILES string of the molecule is C[C@@H]1O[C@H](C=C=CBr)C[C@@H]2O[C@@](O)(C=C2Br)[C@@H](Br)C[C@@H](O)[C@@H]1Br. The molecule has 4 nitrogen and oxygen atoms in total. The Hall–Kier alpha value is 1.02. The highest BCUT2D eigenvalue weighted by Gasteiger charge is 2.45. The Balaban J connectivity index is 2.32. The topological polar surface area (TPSA) is 58.9 Å². The first-order chi connectivity index (χ1) is 10.8. The Bertz CT molecular complexity index is 520. The van der Waals surface area contributed by atoms with E-state index in [4.69, 9.17) is 9.47 Å². The number of alkyl halides is 2. The maximum atomic E-state index is 10.7. The van der Waals surface area contributed by atoms with E-state index in [1.165, 1.54) is 0 Å². The summed E-state index contributed by atoms with van der Waals surface area (Å²) in [6.45, 7) is 1.90. The summed E-state index contributed by atoms with van der Waals surface area (Å²) in [5.41, 5.74) is 2.96. The van der Waals surface area contributed by atoms with E-state index < -0.39 is 16.7 Å². The van der Waals surface area contributed by atoms with Crippen molar-refractivity contribution < 1.29 is 19.7 Å². The van der Waals surface area contributed by atoms with Gasteiger partial charge in [-0.25, -0.2) is 0 Å². The Morgan fingerprint density at radius 3 is 2.74 bits per heavy atom. The first-order valence-electron chi connectivity index (χ1n) is 7.18. The van der Waals surface area contributed by atoms with Crippen LogP contribution in [0.1, 0.15) is 19.8 Å². The van der Waals surface area contributed by atoms with Gasteiger partial charge in [0.05, 0.1) is 34.1 Å². The predicted molar refractivity (Wildman–Crippen MR) is 103 cm³/mol. The van der Waals surface area contributed by atoms with Gasteiger partial charge in [-0.15, -0.1) is 5.73 Å². The molecule has 0 amide bonds. The molecule has 2 aliphatic heterocycles. The summed E-state index contributed by atoms with van der Waals surface area (Å²) in [4.78, 5) is 0.918. The van der Waals surface area contributed by atoms with E-state index in [1.54, 1.807) is 17.1 Å². The van der Waals surface area contributed by atoms with Crippen molar-refractivity contribution in [1.29, 1.82) is 0 Å². The molecule has 8 heteroatoms. The third-order valence-corrected chi connectivity index (χ3v) is 7.27. The number of aliphatic hydroxyl groups is 2. The van der Waals surface area contributed by atoms with E-state index in [0.29, 0.717) is 12.8 Å². The minimum atomic E-state index is -1.47. The van der Waals surface area contributed by atoms with E-state index in [9.17, 15) is 10.2 Å². The lowest BCUT2D eigenvalue weighted by atomic mass is 10.0. The number of halogens is 4. The largest absolute Gasteiger partial charge is 0.392 e. The van der Waals surface area contributed by atoms with Gasteiger partial charge in [-0.2, -0.15) is 0 Å². The summed E-state index contributed by atoms with van der Waals surface area (Å²) in [7, 11) is 0. The monoisotopic (exact) mass is 578 g/mol. The van der Waals surface area contributed by atoms with Gasteiger partial charge in [-0.1, -0.05) is 63.7 Å². The van der Waals surface area contributed by atoms with Crippen LogP contribution in [0.2, 0.25) is 0 Å². The van der Waals surface area contributed by atoms with Crippen LogP contribution in [0.3, 0.4) is 0 Å². The van der Waals surface area contributed by atoms with Crippen LogP contribution in [0.15, 0.2) is 27.4 Å². The molecule has 130 valence electrons. The van der Waals surface area contributed by atoms with Gasteiger partial charge in [-0.05, 0) is 25.5 Å². The number of rotatable bonds is 1. The second-order valence-corrected chi connectivity index (χ2v) is 9.20. The van der Waals surface area contributed by atoms with Crippen molar-refractivity contribution in [3.8, 4) is 0 Å². The lowest BCUT2D eigenvalue weighted by Gasteiger charge is -2.30. The predicted octanol–water partition coefficient (Wildman–Crippen LogP) is 3.87. The van der Waals surface area contributed by atoms with Crippen LogP contribution in [0.4, 0.5) is 0 Å². The standard InChI is InChI=1S/C15H18Br4O4/c1-8-14(19)11(20)6-13(18)15(21)7-10(17)12(23-15)5-9(22-8)3-2-4-16/h3-4,7-9,11-14,20-21H,5-6H2,1H3/t2?,8-,9+,11+,12-,13-,14+,15-/m0/s1. The van der Waals surface area contributed by atoms with Crippen LogP contribution in [0.25, 0.3) is 0 Å². The lowest BCUT2D eigenvalue weighted by Crippen LogP contribution is -2.42. The number of fused-ring (bicyclic) bond motifs is 2. The Kier molecular flexibility index (Phi) is 7.61. The highest BCUT2D eigenvalue weighted by molar-refractivity contribution is 9.12. The number of ether oxygens (including phenoxy) is 2. The number of aliphatic hydroxyl groups excluding tert-OH is 1. The second kappa shape index (κ2) is 8.60.